The van der Waals surface area contributed by atoms with Gasteiger partial charge in [-0.1, -0.05) is 30.7 Å². The molecule has 20 heavy (non-hydrogen) atoms. The van der Waals surface area contributed by atoms with Crippen molar-refractivity contribution < 1.29 is 4.79 Å². The molecular formula is C17H22N2O. The number of hydrogen-bond acceptors (Lipinski definition) is 2. The number of nitrogens with two attached hydrogens (primary N) is 1. The minimum atomic E-state index is 0.121. The molecule has 1 unspecified atom stereocenters. The Morgan fingerprint density at radius 2 is 2.25 bits per heavy atom. The average Bonchev–Trinajstić information content (AvgIpc) is 2.69. The van der Waals surface area contributed by atoms with Gasteiger partial charge in [-0.2, -0.15) is 0 Å². The summed E-state index contributed by atoms with van der Waals surface area (Å²) in [5.74, 6) is 5.92. The molecule has 1 amide bonds. The molecule has 1 heterocycles. The number of amides is 1. The highest BCUT2D eigenvalue weighted by molar-refractivity contribution is 5.94. The van der Waals surface area contributed by atoms with Crippen LogP contribution in [-0.4, -0.2) is 29.9 Å². The fourth-order valence-electron chi connectivity index (χ4n) is 2.63. The molecule has 3 nitrogen and oxygen atoms in total. The first-order chi connectivity index (χ1) is 9.72. The topological polar surface area (TPSA) is 46.3 Å². The molecule has 0 bridgehead atoms. The van der Waals surface area contributed by atoms with Crippen molar-refractivity contribution >= 4 is 5.91 Å². The molecule has 0 radical (unpaired) electrons. The van der Waals surface area contributed by atoms with Crippen molar-refractivity contribution in [2.75, 3.05) is 13.1 Å². The van der Waals surface area contributed by atoms with E-state index in [4.69, 9.17) is 5.73 Å². The third-order valence-electron chi connectivity index (χ3n) is 3.76. The molecule has 1 fully saturated rings. The number of carbonyl (C=O) groups excluding carboxylic acids is 1. The predicted molar refractivity (Wildman–Crippen MR) is 81.3 cm³/mol. The summed E-state index contributed by atoms with van der Waals surface area (Å²) in [6.45, 7) is 3.33. The summed E-state index contributed by atoms with van der Waals surface area (Å²) in [5, 5.41) is 0. The molecule has 1 aromatic rings. The first-order valence-corrected chi connectivity index (χ1v) is 7.32. The Morgan fingerprint density at radius 3 is 3.05 bits per heavy atom. The van der Waals surface area contributed by atoms with Gasteiger partial charge in [-0.25, -0.2) is 0 Å². The van der Waals surface area contributed by atoms with Crippen molar-refractivity contribution in [1.82, 2.24) is 4.90 Å². The summed E-state index contributed by atoms with van der Waals surface area (Å²) in [5.41, 5.74) is 6.95. The average molecular weight is 270 g/mol. The zero-order valence-electron chi connectivity index (χ0n) is 12.1. The normalized spacial score (nSPS) is 18.9. The molecule has 0 aliphatic carbocycles. The Kier molecular flexibility index (Phi) is 5.20. The molecule has 1 aromatic carbocycles. The van der Waals surface area contributed by atoms with Gasteiger partial charge < -0.3 is 10.6 Å². The van der Waals surface area contributed by atoms with E-state index in [0.29, 0.717) is 12.6 Å². The number of hydrogen-bond donors (Lipinski definition) is 1. The second kappa shape index (κ2) is 7.12. The van der Waals surface area contributed by atoms with Crippen LogP contribution in [0.25, 0.3) is 0 Å². The quantitative estimate of drug-likeness (QED) is 0.797. The summed E-state index contributed by atoms with van der Waals surface area (Å²) >= 11 is 0. The summed E-state index contributed by atoms with van der Waals surface area (Å²) < 4.78 is 0. The number of benzene rings is 1. The van der Waals surface area contributed by atoms with Crippen LogP contribution in [0.5, 0.6) is 0 Å². The molecule has 1 aliphatic heterocycles. The Hall–Kier alpha value is -1.79. The lowest BCUT2D eigenvalue weighted by Crippen LogP contribution is -2.38. The Labute approximate surface area is 121 Å². The molecule has 106 valence electrons. The summed E-state index contributed by atoms with van der Waals surface area (Å²) in [6.07, 6.45) is 4.63. The number of rotatable bonds is 1. The molecular weight excluding hydrogens is 248 g/mol. The highest BCUT2D eigenvalue weighted by Crippen LogP contribution is 2.19. The van der Waals surface area contributed by atoms with E-state index in [1.54, 1.807) is 0 Å². The van der Waals surface area contributed by atoms with Crippen LogP contribution in [0.3, 0.4) is 0 Å². The van der Waals surface area contributed by atoms with Crippen molar-refractivity contribution in [3.63, 3.8) is 0 Å². The van der Waals surface area contributed by atoms with Gasteiger partial charge >= 0.3 is 0 Å². The zero-order valence-corrected chi connectivity index (χ0v) is 12.1. The van der Waals surface area contributed by atoms with Crippen molar-refractivity contribution in [2.24, 2.45) is 5.73 Å². The van der Waals surface area contributed by atoms with Gasteiger partial charge in [0, 0.05) is 23.7 Å². The van der Waals surface area contributed by atoms with E-state index in [0.717, 1.165) is 30.5 Å². The van der Waals surface area contributed by atoms with Gasteiger partial charge in [0.05, 0.1) is 6.54 Å². The molecule has 0 aromatic heterocycles. The third kappa shape index (κ3) is 3.61. The number of nitrogens with zero attached hydrogens (tertiary/aromatic N) is 1. The van der Waals surface area contributed by atoms with Crippen LogP contribution in [0, 0.1) is 11.8 Å². The molecule has 3 heteroatoms. The number of carbonyl (C=O) groups is 1. The lowest BCUT2D eigenvalue weighted by atomic mass is 10.1. The fourth-order valence-corrected chi connectivity index (χ4v) is 2.63. The van der Waals surface area contributed by atoms with Crippen LogP contribution in [0.1, 0.15) is 48.5 Å². The van der Waals surface area contributed by atoms with E-state index in [-0.39, 0.29) is 5.91 Å². The van der Waals surface area contributed by atoms with Crippen molar-refractivity contribution in [1.29, 1.82) is 0 Å². The fraction of sp³-hybridized carbons (Fsp3) is 0.471. The smallest absolute Gasteiger partial charge is 0.254 e. The molecule has 2 rings (SSSR count). The van der Waals surface area contributed by atoms with E-state index in [9.17, 15) is 4.79 Å². The molecule has 0 spiro atoms. The van der Waals surface area contributed by atoms with Crippen LogP contribution in [0.4, 0.5) is 0 Å². The maximum Gasteiger partial charge on any atom is 0.254 e. The van der Waals surface area contributed by atoms with E-state index >= 15 is 0 Å². The van der Waals surface area contributed by atoms with Gasteiger partial charge in [0.15, 0.2) is 0 Å². The van der Waals surface area contributed by atoms with Gasteiger partial charge in [-0.3, -0.25) is 4.79 Å². The lowest BCUT2D eigenvalue weighted by Gasteiger charge is -2.27. The Balaban J connectivity index is 2.19. The van der Waals surface area contributed by atoms with Crippen molar-refractivity contribution in [2.45, 2.75) is 38.6 Å². The van der Waals surface area contributed by atoms with Gasteiger partial charge in [0.25, 0.3) is 5.91 Å². The van der Waals surface area contributed by atoms with Crippen LogP contribution in [0.2, 0.25) is 0 Å². The second-order valence-electron chi connectivity index (χ2n) is 5.28. The summed E-state index contributed by atoms with van der Waals surface area (Å²) in [7, 11) is 0. The second-order valence-corrected chi connectivity index (χ2v) is 5.28. The minimum absolute atomic E-state index is 0.121. The Bertz CT molecular complexity index is 527. The largest absolute Gasteiger partial charge is 0.336 e. The van der Waals surface area contributed by atoms with Crippen LogP contribution in [0.15, 0.2) is 24.3 Å². The van der Waals surface area contributed by atoms with Gasteiger partial charge in [-0.15, -0.1) is 0 Å². The summed E-state index contributed by atoms with van der Waals surface area (Å²) in [4.78, 5) is 14.6. The first kappa shape index (κ1) is 14.6. The van der Waals surface area contributed by atoms with E-state index in [2.05, 4.69) is 18.8 Å². The SMILES string of the molecule is CC1CCCCCN1C(=O)c1cccc(C#CCN)c1. The third-order valence-corrected chi connectivity index (χ3v) is 3.76. The molecule has 2 N–H and O–H groups in total. The standard InChI is InChI=1S/C17H22N2O/c1-14-7-3-2-4-12-19(14)17(20)16-10-5-8-15(13-16)9-6-11-18/h5,8,10,13-14H,2-4,7,11-12,18H2,1H3. The summed E-state index contributed by atoms with van der Waals surface area (Å²) in [6, 6.07) is 7.85. The maximum absolute atomic E-state index is 12.6. The molecule has 1 saturated heterocycles. The molecule has 1 aliphatic rings. The Morgan fingerprint density at radius 1 is 1.40 bits per heavy atom. The van der Waals surface area contributed by atoms with E-state index < -0.39 is 0 Å². The van der Waals surface area contributed by atoms with Crippen molar-refractivity contribution in [3.8, 4) is 11.8 Å². The predicted octanol–water partition coefficient (Wildman–Crippen LogP) is 2.40. The molecule has 0 saturated carbocycles. The maximum atomic E-state index is 12.6. The lowest BCUT2D eigenvalue weighted by molar-refractivity contribution is 0.0698. The van der Waals surface area contributed by atoms with Gasteiger partial charge in [-0.05, 0) is 38.0 Å². The molecule has 1 atom stereocenters. The number of likely N-dealkylation sites (tertiary alicyclic amines) is 1. The van der Waals surface area contributed by atoms with Crippen molar-refractivity contribution in [3.05, 3.63) is 35.4 Å². The van der Waals surface area contributed by atoms with Crippen LogP contribution in [-0.2, 0) is 0 Å². The highest BCUT2D eigenvalue weighted by Gasteiger charge is 2.22. The van der Waals surface area contributed by atoms with E-state index in [1.165, 1.54) is 12.8 Å². The first-order valence-electron chi connectivity index (χ1n) is 7.32. The van der Waals surface area contributed by atoms with E-state index in [1.807, 2.05) is 29.2 Å². The highest BCUT2D eigenvalue weighted by atomic mass is 16.2. The van der Waals surface area contributed by atoms with Crippen LogP contribution >= 0.6 is 0 Å². The zero-order chi connectivity index (χ0) is 14.4. The van der Waals surface area contributed by atoms with Gasteiger partial charge in [0.2, 0.25) is 0 Å². The minimum Gasteiger partial charge on any atom is -0.336 e. The van der Waals surface area contributed by atoms with Crippen LogP contribution < -0.4 is 5.73 Å². The van der Waals surface area contributed by atoms with Gasteiger partial charge in [0.1, 0.15) is 0 Å². The monoisotopic (exact) mass is 270 g/mol.